The predicted molar refractivity (Wildman–Crippen MR) is 82.1 cm³/mol. The average Bonchev–Trinajstić information content (AvgIpc) is 2.47. The lowest BCUT2D eigenvalue weighted by atomic mass is 9.98. The Hall–Kier alpha value is -1.88. The number of hydrogen-bond donors (Lipinski definition) is 3. The molecule has 0 radical (unpaired) electrons. The number of amides is 2. The predicted octanol–water partition coefficient (Wildman–Crippen LogP) is 0.427. The van der Waals surface area contributed by atoms with Crippen LogP contribution in [0.5, 0.6) is 0 Å². The Morgan fingerprint density at radius 3 is 2.33 bits per heavy atom. The van der Waals surface area contributed by atoms with Crippen molar-refractivity contribution in [2.24, 2.45) is 11.7 Å². The van der Waals surface area contributed by atoms with E-state index in [2.05, 4.69) is 12.2 Å². The Balaban J connectivity index is 1.92. The van der Waals surface area contributed by atoms with Gasteiger partial charge >= 0.3 is 0 Å². The first-order valence-corrected chi connectivity index (χ1v) is 7.52. The highest BCUT2D eigenvalue weighted by molar-refractivity contribution is 5.95. The van der Waals surface area contributed by atoms with Crippen LogP contribution in [0.1, 0.15) is 37.0 Å². The zero-order valence-electron chi connectivity index (χ0n) is 12.7. The maximum Gasteiger partial charge on any atom is 0.282 e. The largest absolute Gasteiger partial charge is 0.366 e. The summed E-state index contributed by atoms with van der Waals surface area (Å²) in [5.74, 6) is 0.324. The number of hydrogen-bond acceptors (Lipinski definition) is 2. The monoisotopic (exact) mass is 290 g/mol. The topological polar surface area (TPSA) is 76.6 Å². The molecule has 1 aliphatic rings. The van der Waals surface area contributed by atoms with Crippen LogP contribution in [0.15, 0.2) is 24.3 Å². The lowest BCUT2D eigenvalue weighted by molar-refractivity contribution is -0.919. The molecular weight excluding hydrogens is 266 g/mol. The first kappa shape index (κ1) is 15.5. The Morgan fingerprint density at radius 1 is 1.24 bits per heavy atom. The van der Waals surface area contributed by atoms with Crippen molar-refractivity contribution in [1.29, 1.82) is 0 Å². The molecule has 0 bridgehead atoms. The highest BCUT2D eigenvalue weighted by Crippen LogP contribution is 2.10. The molecule has 1 fully saturated rings. The number of anilines is 1. The van der Waals surface area contributed by atoms with E-state index in [-0.39, 0.29) is 11.9 Å². The minimum Gasteiger partial charge on any atom is -0.366 e. The Kier molecular flexibility index (Phi) is 4.96. The van der Waals surface area contributed by atoms with Gasteiger partial charge in [0.25, 0.3) is 5.91 Å². The summed E-state index contributed by atoms with van der Waals surface area (Å²) in [6.45, 7) is 6.34. The maximum atomic E-state index is 12.3. The maximum absolute atomic E-state index is 12.3. The summed E-state index contributed by atoms with van der Waals surface area (Å²) in [5, 5.41) is 2.90. The number of likely N-dealkylation sites (tertiary alicyclic amines) is 1. The highest BCUT2D eigenvalue weighted by Gasteiger charge is 2.28. The van der Waals surface area contributed by atoms with Crippen molar-refractivity contribution in [1.82, 2.24) is 0 Å². The summed E-state index contributed by atoms with van der Waals surface area (Å²) in [7, 11) is 0. The second-order valence-electron chi connectivity index (χ2n) is 5.99. The van der Waals surface area contributed by atoms with Crippen molar-refractivity contribution in [3.8, 4) is 0 Å². The fraction of sp³-hybridized carbons (Fsp3) is 0.500. The summed E-state index contributed by atoms with van der Waals surface area (Å²) < 4.78 is 0. The van der Waals surface area contributed by atoms with E-state index in [0.717, 1.165) is 19.0 Å². The van der Waals surface area contributed by atoms with Crippen LogP contribution in [-0.2, 0) is 4.79 Å². The molecule has 1 atom stereocenters. The Bertz CT molecular complexity index is 505. The molecular formula is C16H24N3O2+. The van der Waals surface area contributed by atoms with E-state index >= 15 is 0 Å². The molecule has 5 nitrogen and oxygen atoms in total. The van der Waals surface area contributed by atoms with E-state index in [4.69, 9.17) is 5.73 Å². The average molecular weight is 290 g/mol. The molecule has 2 amide bonds. The first-order chi connectivity index (χ1) is 9.97. The molecule has 1 aliphatic heterocycles. The highest BCUT2D eigenvalue weighted by atomic mass is 16.2. The van der Waals surface area contributed by atoms with Crippen molar-refractivity contribution in [2.75, 3.05) is 18.4 Å². The van der Waals surface area contributed by atoms with E-state index in [1.54, 1.807) is 24.3 Å². The first-order valence-electron chi connectivity index (χ1n) is 7.52. The SMILES string of the molecule is CC1CC[NH+]([C@H](C)C(=O)Nc2ccc(C(N)=O)cc2)CC1. The van der Waals surface area contributed by atoms with Gasteiger partial charge in [0.1, 0.15) is 0 Å². The number of rotatable bonds is 4. The van der Waals surface area contributed by atoms with Crippen molar-refractivity contribution in [3.05, 3.63) is 29.8 Å². The van der Waals surface area contributed by atoms with Crippen molar-refractivity contribution >= 4 is 17.5 Å². The van der Waals surface area contributed by atoms with E-state index in [0.29, 0.717) is 11.3 Å². The molecule has 1 heterocycles. The minimum absolute atomic E-state index is 0.0198. The molecule has 0 aromatic heterocycles. The zero-order chi connectivity index (χ0) is 15.4. The van der Waals surface area contributed by atoms with Crippen LogP contribution >= 0.6 is 0 Å². The van der Waals surface area contributed by atoms with Crippen molar-refractivity contribution in [3.63, 3.8) is 0 Å². The fourth-order valence-electron chi connectivity index (χ4n) is 2.72. The normalized spacial score (nSPS) is 23.3. The van der Waals surface area contributed by atoms with Gasteiger partial charge in [0.15, 0.2) is 6.04 Å². The number of piperidine rings is 1. The van der Waals surface area contributed by atoms with Gasteiger partial charge in [-0.3, -0.25) is 9.59 Å². The number of carbonyl (C=O) groups is 2. The molecule has 0 spiro atoms. The van der Waals surface area contributed by atoms with E-state index in [9.17, 15) is 9.59 Å². The van der Waals surface area contributed by atoms with Gasteiger partial charge in [-0.1, -0.05) is 6.92 Å². The quantitative estimate of drug-likeness (QED) is 0.752. The molecule has 4 N–H and O–H groups in total. The second-order valence-corrected chi connectivity index (χ2v) is 5.99. The standard InChI is InChI=1S/C16H23N3O2/c1-11-7-9-19(10-8-11)12(2)16(21)18-14-5-3-13(4-6-14)15(17)20/h3-6,11-12H,7-10H2,1-2H3,(H2,17,20)(H,18,21)/p+1/t12-/m1/s1. The molecule has 0 unspecified atom stereocenters. The van der Waals surface area contributed by atoms with Gasteiger partial charge in [0.2, 0.25) is 5.91 Å². The molecule has 114 valence electrons. The second kappa shape index (κ2) is 6.72. The van der Waals surface area contributed by atoms with Crippen LogP contribution in [0.4, 0.5) is 5.69 Å². The van der Waals surface area contributed by atoms with Gasteiger partial charge in [-0.15, -0.1) is 0 Å². The Morgan fingerprint density at radius 2 is 1.81 bits per heavy atom. The van der Waals surface area contributed by atoms with Gasteiger partial charge in [0, 0.05) is 11.3 Å². The fourth-order valence-corrected chi connectivity index (χ4v) is 2.72. The summed E-state index contributed by atoms with van der Waals surface area (Å²) in [6.07, 6.45) is 2.36. The summed E-state index contributed by atoms with van der Waals surface area (Å²) in [5.41, 5.74) is 6.33. The number of primary amides is 1. The van der Waals surface area contributed by atoms with Gasteiger partial charge in [-0.25, -0.2) is 0 Å². The molecule has 21 heavy (non-hydrogen) atoms. The lowest BCUT2D eigenvalue weighted by Crippen LogP contribution is -3.17. The van der Waals surface area contributed by atoms with Gasteiger partial charge < -0.3 is 16.0 Å². The van der Waals surface area contributed by atoms with Crippen LogP contribution in [0.3, 0.4) is 0 Å². The van der Waals surface area contributed by atoms with Crippen LogP contribution in [0, 0.1) is 5.92 Å². The van der Waals surface area contributed by atoms with Crippen LogP contribution < -0.4 is 16.0 Å². The third-order valence-corrected chi connectivity index (χ3v) is 4.36. The minimum atomic E-state index is -0.465. The number of benzene rings is 1. The number of nitrogens with one attached hydrogen (secondary N) is 2. The van der Waals surface area contributed by atoms with Crippen LogP contribution in [0.25, 0.3) is 0 Å². The van der Waals surface area contributed by atoms with E-state index in [1.165, 1.54) is 17.7 Å². The molecule has 5 heteroatoms. The van der Waals surface area contributed by atoms with Crippen molar-refractivity contribution in [2.45, 2.75) is 32.7 Å². The summed E-state index contributed by atoms with van der Waals surface area (Å²) >= 11 is 0. The molecule has 2 rings (SSSR count). The summed E-state index contributed by atoms with van der Waals surface area (Å²) in [4.78, 5) is 24.6. The van der Waals surface area contributed by atoms with Crippen LogP contribution in [-0.4, -0.2) is 30.9 Å². The number of nitrogens with two attached hydrogens (primary N) is 1. The Labute approximate surface area is 125 Å². The van der Waals surface area contributed by atoms with Crippen LogP contribution in [0.2, 0.25) is 0 Å². The molecule has 0 saturated carbocycles. The van der Waals surface area contributed by atoms with Gasteiger partial charge in [0.05, 0.1) is 13.1 Å². The van der Waals surface area contributed by atoms with E-state index in [1.807, 2.05) is 6.92 Å². The number of carbonyl (C=O) groups excluding carboxylic acids is 2. The molecule has 1 aromatic rings. The molecule has 1 saturated heterocycles. The zero-order valence-corrected chi connectivity index (χ0v) is 12.7. The molecule has 0 aliphatic carbocycles. The smallest absolute Gasteiger partial charge is 0.282 e. The van der Waals surface area contributed by atoms with Gasteiger partial charge in [-0.05, 0) is 49.9 Å². The third-order valence-electron chi connectivity index (χ3n) is 4.36. The third kappa shape index (κ3) is 4.04. The summed E-state index contributed by atoms with van der Waals surface area (Å²) in [6, 6.07) is 6.60. The lowest BCUT2D eigenvalue weighted by Gasteiger charge is -2.31. The molecule has 1 aromatic carbocycles. The van der Waals surface area contributed by atoms with Crippen molar-refractivity contribution < 1.29 is 14.5 Å². The van der Waals surface area contributed by atoms with E-state index < -0.39 is 5.91 Å². The van der Waals surface area contributed by atoms with Gasteiger partial charge in [-0.2, -0.15) is 0 Å². The number of quaternary nitrogens is 1.